The van der Waals surface area contributed by atoms with Gasteiger partial charge in [-0.25, -0.2) is 0 Å². The molecule has 0 fully saturated rings. The molecule has 0 spiro atoms. The molecule has 0 unspecified atom stereocenters. The molecule has 0 atom stereocenters. The van der Waals surface area contributed by atoms with Gasteiger partial charge in [0.25, 0.3) is 5.91 Å². The van der Waals surface area contributed by atoms with E-state index in [1.165, 1.54) is 11.3 Å². The van der Waals surface area contributed by atoms with Crippen LogP contribution in [0.3, 0.4) is 0 Å². The van der Waals surface area contributed by atoms with Crippen molar-refractivity contribution in [3.63, 3.8) is 0 Å². The lowest BCUT2D eigenvalue weighted by Crippen LogP contribution is -2.25. The highest BCUT2D eigenvalue weighted by atomic mass is 79.9. The Morgan fingerprint density at radius 1 is 1.47 bits per heavy atom. The maximum atomic E-state index is 12.0. The van der Waals surface area contributed by atoms with E-state index in [1.54, 1.807) is 24.1 Å². The average Bonchev–Trinajstić information content (AvgIpc) is 2.87. The summed E-state index contributed by atoms with van der Waals surface area (Å²) in [5, 5.41) is 0. The second kappa shape index (κ2) is 5.25. The zero-order chi connectivity index (χ0) is 12.4. The molecule has 0 saturated carbocycles. The van der Waals surface area contributed by atoms with E-state index in [1.807, 2.05) is 12.1 Å². The molecule has 0 radical (unpaired) electrons. The van der Waals surface area contributed by atoms with E-state index in [4.69, 9.17) is 16.0 Å². The molecule has 0 aliphatic carbocycles. The lowest BCUT2D eigenvalue weighted by atomic mass is 10.3. The maximum absolute atomic E-state index is 12.0. The summed E-state index contributed by atoms with van der Waals surface area (Å²) in [5.74, 6) is 0.169. The summed E-state index contributed by atoms with van der Waals surface area (Å²) in [5.41, 5.74) is 0. The van der Waals surface area contributed by atoms with E-state index in [-0.39, 0.29) is 5.91 Å². The minimum Gasteiger partial charge on any atom is -0.444 e. The van der Waals surface area contributed by atoms with E-state index < -0.39 is 0 Å². The van der Waals surface area contributed by atoms with Crippen molar-refractivity contribution >= 4 is 44.8 Å². The fraction of sp³-hybridized carbons (Fsp3) is 0.182. The van der Waals surface area contributed by atoms with Gasteiger partial charge in [0.1, 0.15) is 0 Å². The Morgan fingerprint density at radius 2 is 2.24 bits per heavy atom. The largest absolute Gasteiger partial charge is 0.444 e. The third-order valence-electron chi connectivity index (χ3n) is 2.15. The summed E-state index contributed by atoms with van der Waals surface area (Å²) in [6.07, 6.45) is 0. The predicted octanol–water partition coefficient (Wildman–Crippen LogP) is 4.03. The van der Waals surface area contributed by atoms with Crippen LogP contribution in [0.2, 0.25) is 4.34 Å². The first-order chi connectivity index (χ1) is 8.06. The zero-order valence-electron chi connectivity index (χ0n) is 8.94. The predicted molar refractivity (Wildman–Crippen MR) is 71.5 cm³/mol. The number of nitrogens with zero attached hydrogens (tertiary/aromatic N) is 1. The van der Waals surface area contributed by atoms with Crippen LogP contribution < -0.4 is 0 Å². The van der Waals surface area contributed by atoms with Crippen molar-refractivity contribution in [1.29, 1.82) is 0 Å². The average molecular weight is 335 g/mol. The molecule has 2 aromatic rings. The second-order valence-corrected chi connectivity index (χ2v) is 6.05. The summed E-state index contributed by atoms with van der Waals surface area (Å²) < 4.78 is 6.49. The highest BCUT2D eigenvalue weighted by Gasteiger charge is 2.16. The van der Waals surface area contributed by atoms with Gasteiger partial charge in [-0.15, -0.1) is 11.3 Å². The van der Waals surface area contributed by atoms with Crippen LogP contribution in [0.25, 0.3) is 0 Å². The number of halogens is 2. The first kappa shape index (κ1) is 12.7. The van der Waals surface area contributed by atoms with E-state index >= 15 is 0 Å². The van der Waals surface area contributed by atoms with Gasteiger partial charge in [-0.2, -0.15) is 0 Å². The molecule has 0 saturated heterocycles. The molecule has 0 aliphatic rings. The van der Waals surface area contributed by atoms with Gasteiger partial charge in [-0.3, -0.25) is 4.79 Å². The van der Waals surface area contributed by atoms with Crippen LogP contribution in [0.4, 0.5) is 0 Å². The Hall–Kier alpha value is -0.780. The SMILES string of the molecule is CN(Cc1ccc(Cl)s1)C(=O)c1ccc(Br)o1. The smallest absolute Gasteiger partial charge is 0.289 e. The van der Waals surface area contributed by atoms with Crippen molar-refractivity contribution in [2.24, 2.45) is 0 Å². The number of hydrogen-bond acceptors (Lipinski definition) is 3. The minimum absolute atomic E-state index is 0.153. The fourth-order valence-electron chi connectivity index (χ4n) is 1.36. The Morgan fingerprint density at radius 3 is 2.76 bits per heavy atom. The lowest BCUT2D eigenvalue weighted by Gasteiger charge is -2.14. The van der Waals surface area contributed by atoms with Crippen molar-refractivity contribution in [2.75, 3.05) is 7.05 Å². The quantitative estimate of drug-likeness (QED) is 0.849. The van der Waals surface area contributed by atoms with Gasteiger partial charge in [0.05, 0.1) is 10.9 Å². The summed E-state index contributed by atoms with van der Waals surface area (Å²) in [7, 11) is 1.73. The van der Waals surface area contributed by atoms with Crippen molar-refractivity contribution < 1.29 is 9.21 Å². The highest BCUT2D eigenvalue weighted by molar-refractivity contribution is 9.10. The van der Waals surface area contributed by atoms with Gasteiger partial charge in [-0.1, -0.05) is 11.6 Å². The molecule has 2 rings (SSSR count). The van der Waals surface area contributed by atoms with Gasteiger partial charge in [0.2, 0.25) is 0 Å². The molecule has 6 heteroatoms. The van der Waals surface area contributed by atoms with E-state index in [9.17, 15) is 4.79 Å². The molecule has 2 aromatic heterocycles. The molecular formula is C11H9BrClNO2S. The molecule has 2 heterocycles. The summed E-state index contributed by atoms with van der Waals surface area (Å²) in [6.45, 7) is 0.522. The van der Waals surface area contributed by atoms with Gasteiger partial charge in [-0.05, 0) is 40.2 Å². The first-order valence-corrected chi connectivity index (χ1v) is 6.80. The van der Waals surface area contributed by atoms with Crippen LogP contribution in [-0.2, 0) is 6.54 Å². The number of carbonyl (C=O) groups is 1. The normalized spacial score (nSPS) is 10.5. The molecular weight excluding hydrogens is 326 g/mol. The van der Waals surface area contributed by atoms with Gasteiger partial charge >= 0.3 is 0 Å². The molecule has 17 heavy (non-hydrogen) atoms. The second-order valence-electron chi connectivity index (χ2n) is 3.47. The van der Waals surface area contributed by atoms with Crippen molar-refractivity contribution in [2.45, 2.75) is 6.54 Å². The third kappa shape index (κ3) is 3.12. The van der Waals surface area contributed by atoms with Crippen LogP contribution in [0.15, 0.2) is 33.4 Å². The number of furan rings is 1. The van der Waals surface area contributed by atoms with E-state index in [0.717, 1.165) is 9.21 Å². The van der Waals surface area contributed by atoms with Crippen LogP contribution in [-0.4, -0.2) is 17.9 Å². The zero-order valence-corrected chi connectivity index (χ0v) is 12.1. The van der Waals surface area contributed by atoms with Crippen LogP contribution in [0.5, 0.6) is 0 Å². The molecule has 0 bridgehead atoms. The summed E-state index contributed by atoms with van der Waals surface area (Å²) in [6, 6.07) is 7.07. The molecule has 90 valence electrons. The molecule has 1 amide bonds. The Kier molecular flexibility index (Phi) is 3.91. The molecule has 3 nitrogen and oxygen atoms in total. The Balaban J connectivity index is 2.05. The van der Waals surface area contributed by atoms with Gasteiger partial charge in [0, 0.05) is 11.9 Å². The molecule has 0 N–H and O–H groups in total. The standard InChI is InChI=1S/C11H9BrClNO2S/c1-14(6-7-2-5-10(13)17-7)11(15)8-3-4-9(12)16-8/h2-5H,6H2,1H3. The first-order valence-electron chi connectivity index (χ1n) is 4.81. The third-order valence-corrected chi connectivity index (χ3v) is 3.79. The number of hydrogen-bond donors (Lipinski definition) is 0. The van der Waals surface area contributed by atoms with E-state index in [0.29, 0.717) is 17.0 Å². The fourth-order valence-corrected chi connectivity index (χ4v) is 2.81. The topological polar surface area (TPSA) is 33.5 Å². The van der Waals surface area contributed by atoms with Crippen molar-refractivity contribution in [3.8, 4) is 0 Å². The molecule has 0 aliphatic heterocycles. The lowest BCUT2D eigenvalue weighted by molar-refractivity contribution is 0.0753. The van der Waals surface area contributed by atoms with Crippen molar-refractivity contribution in [3.05, 3.63) is 43.9 Å². The van der Waals surface area contributed by atoms with Crippen LogP contribution in [0, 0.1) is 0 Å². The number of thiophene rings is 1. The number of carbonyl (C=O) groups excluding carboxylic acids is 1. The van der Waals surface area contributed by atoms with Gasteiger partial charge in [0.15, 0.2) is 10.4 Å². The Labute approximate surface area is 116 Å². The van der Waals surface area contributed by atoms with Crippen molar-refractivity contribution in [1.82, 2.24) is 4.90 Å². The van der Waals surface area contributed by atoms with Crippen LogP contribution >= 0.6 is 38.9 Å². The monoisotopic (exact) mass is 333 g/mol. The summed E-state index contributed by atoms with van der Waals surface area (Å²) in [4.78, 5) is 14.6. The highest BCUT2D eigenvalue weighted by Crippen LogP contribution is 2.23. The number of rotatable bonds is 3. The van der Waals surface area contributed by atoms with Gasteiger partial charge < -0.3 is 9.32 Å². The van der Waals surface area contributed by atoms with E-state index in [2.05, 4.69) is 15.9 Å². The summed E-state index contributed by atoms with van der Waals surface area (Å²) >= 11 is 10.5. The maximum Gasteiger partial charge on any atom is 0.289 e. The minimum atomic E-state index is -0.153. The Bertz CT molecular complexity index is 537. The number of amides is 1. The molecule has 0 aromatic carbocycles. The van der Waals surface area contributed by atoms with Crippen LogP contribution in [0.1, 0.15) is 15.4 Å².